The molecule has 8 heteroatoms. The molecule has 164 valence electrons. The van der Waals surface area contributed by atoms with E-state index in [1.165, 1.54) is 6.07 Å². The number of nitrogens with one attached hydrogen (secondary N) is 1. The second-order valence-electron chi connectivity index (χ2n) is 8.45. The molecule has 0 spiro atoms. The van der Waals surface area contributed by atoms with Crippen molar-refractivity contribution in [3.05, 3.63) is 65.2 Å². The smallest absolute Gasteiger partial charge is 0.229 e. The van der Waals surface area contributed by atoms with Gasteiger partial charge in [0.15, 0.2) is 5.75 Å². The zero-order valence-electron chi connectivity index (χ0n) is 18.2. The molecule has 0 bridgehead atoms. The number of carbonyl (C=O) groups excluding carboxylic acids is 1. The minimum atomic E-state index is -0.469. The number of ether oxygens (including phenoxy) is 1. The number of allylic oxidation sites excluding steroid dienone is 4. The molecule has 1 saturated carbocycles. The molecule has 1 amide bonds. The number of aromatic nitrogens is 3. The Labute approximate surface area is 186 Å². The number of carbonyl (C=O) groups is 1. The minimum Gasteiger partial charge on any atom is -0.489 e. The zero-order valence-corrected chi connectivity index (χ0v) is 18.2. The van der Waals surface area contributed by atoms with Crippen LogP contribution in [0.3, 0.4) is 0 Å². The lowest BCUT2D eigenvalue weighted by atomic mass is 9.80. The van der Waals surface area contributed by atoms with E-state index < -0.39 is 11.2 Å². The third kappa shape index (κ3) is 4.24. The maximum atomic E-state index is 13.5. The summed E-state index contributed by atoms with van der Waals surface area (Å²) < 4.78 is 19.6. The Hall–Kier alpha value is -3.60. The van der Waals surface area contributed by atoms with Crippen molar-refractivity contribution in [3.8, 4) is 11.8 Å². The van der Waals surface area contributed by atoms with Crippen LogP contribution in [-0.2, 0) is 4.79 Å². The lowest BCUT2D eigenvalue weighted by Crippen LogP contribution is -2.30. The van der Waals surface area contributed by atoms with E-state index in [4.69, 9.17) is 4.74 Å². The van der Waals surface area contributed by atoms with Gasteiger partial charge in [-0.2, -0.15) is 5.26 Å². The predicted molar refractivity (Wildman–Crippen MR) is 116 cm³/mol. The Bertz CT molecular complexity index is 1170. The normalized spacial score (nSPS) is 23.8. The standard InChI is InChI=1S/C24H24FN5O2/c1-14-7-22(28-11-20(14)25)30-23(31)19-9-24(19,18-6-4-5-17(8-18)10-26)13-32-21-12-27-16(3)29-15(21)2/h4-7,11-12,18-19H,8-9,13H2,1-3H3,(H,28,30,31)/t18?,19-,24+/m0/s1. The second-order valence-corrected chi connectivity index (χ2v) is 8.45. The van der Waals surface area contributed by atoms with Gasteiger partial charge in [0, 0.05) is 16.9 Å². The van der Waals surface area contributed by atoms with Crippen molar-refractivity contribution in [2.75, 3.05) is 11.9 Å². The van der Waals surface area contributed by atoms with Gasteiger partial charge in [-0.05, 0) is 57.2 Å². The van der Waals surface area contributed by atoms with Gasteiger partial charge < -0.3 is 10.1 Å². The number of rotatable bonds is 6. The van der Waals surface area contributed by atoms with Crippen molar-refractivity contribution in [3.63, 3.8) is 0 Å². The van der Waals surface area contributed by atoms with Gasteiger partial charge in [0.2, 0.25) is 5.91 Å². The number of amides is 1. The number of aryl methyl sites for hydroxylation is 3. The van der Waals surface area contributed by atoms with Gasteiger partial charge in [0.1, 0.15) is 17.5 Å². The van der Waals surface area contributed by atoms with Gasteiger partial charge >= 0.3 is 0 Å². The fraction of sp³-hybridized carbons (Fsp3) is 0.375. The fourth-order valence-corrected chi connectivity index (χ4v) is 4.25. The third-order valence-corrected chi connectivity index (χ3v) is 6.25. The van der Waals surface area contributed by atoms with Crippen molar-refractivity contribution in [1.29, 1.82) is 5.26 Å². The molecular weight excluding hydrogens is 409 g/mol. The molecule has 1 N–H and O–H groups in total. The highest BCUT2D eigenvalue weighted by molar-refractivity contribution is 5.94. The topological polar surface area (TPSA) is 101 Å². The number of hydrogen-bond donors (Lipinski definition) is 1. The minimum absolute atomic E-state index is 0.0208. The molecule has 2 aliphatic carbocycles. The molecule has 32 heavy (non-hydrogen) atoms. The van der Waals surface area contributed by atoms with Gasteiger partial charge in [0.25, 0.3) is 0 Å². The molecule has 0 aliphatic heterocycles. The second kappa shape index (κ2) is 8.50. The van der Waals surface area contributed by atoms with Gasteiger partial charge in [0.05, 0.1) is 30.8 Å². The first kappa shape index (κ1) is 21.6. The van der Waals surface area contributed by atoms with E-state index in [-0.39, 0.29) is 17.7 Å². The summed E-state index contributed by atoms with van der Waals surface area (Å²) in [5.74, 6) is 0.597. The molecule has 4 rings (SSSR count). The van der Waals surface area contributed by atoms with Crippen LogP contribution in [0.25, 0.3) is 0 Å². The summed E-state index contributed by atoms with van der Waals surface area (Å²) in [5.41, 5.74) is 1.35. The lowest BCUT2D eigenvalue weighted by molar-refractivity contribution is -0.118. The van der Waals surface area contributed by atoms with Crippen molar-refractivity contribution in [2.24, 2.45) is 17.3 Å². The van der Waals surface area contributed by atoms with Crippen LogP contribution in [0.2, 0.25) is 0 Å². The number of pyridine rings is 1. The molecule has 2 aliphatic rings. The van der Waals surface area contributed by atoms with Crippen LogP contribution in [0.5, 0.6) is 5.75 Å². The summed E-state index contributed by atoms with van der Waals surface area (Å²) in [7, 11) is 0. The quantitative estimate of drug-likeness (QED) is 0.739. The SMILES string of the molecule is Cc1ncc(OC[C@@]2(C3C=CC=C(C#N)C3)C[C@H]2C(=O)Nc2cc(C)c(F)cn2)c(C)n1. The highest BCUT2D eigenvalue weighted by Crippen LogP contribution is 2.60. The van der Waals surface area contributed by atoms with Crippen LogP contribution in [0.1, 0.15) is 29.9 Å². The molecule has 2 heterocycles. The molecule has 0 aromatic carbocycles. The van der Waals surface area contributed by atoms with Crippen LogP contribution < -0.4 is 10.1 Å². The Balaban J connectivity index is 1.54. The van der Waals surface area contributed by atoms with Crippen LogP contribution in [0.4, 0.5) is 10.2 Å². The molecule has 0 radical (unpaired) electrons. The highest BCUT2D eigenvalue weighted by Gasteiger charge is 2.62. The van der Waals surface area contributed by atoms with Gasteiger partial charge in [-0.25, -0.2) is 19.3 Å². The number of halogens is 1. The number of nitrogens with zero attached hydrogens (tertiary/aromatic N) is 4. The molecule has 1 unspecified atom stereocenters. The fourth-order valence-electron chi connectivity index (χ4n) is 4.25. The van der Waals surface area contributed by atoms with Gasteiger partial charge in [-0.1, -0.05) is 12.2 Å². The molecule has 7 nitrogen and oxygen atoms in total. The van der Waals surface area contributed by atoms with Crippen LogP contribution in [0, 0.1) is 55.2 Å². The largest absolute Gasteiger partial charge is 0.489 e. The van der Waals surface area contributed by atoms with Crippen molar-refractivity contribution in [2.45, 2.75) is 33.6 Å². The van der Waals surface area contributed by atoms with Crippen LogP contribution >= 0.6 is 0 Å². The summed E-state index contributed by atoms with van der Waals surface area (Å²) >= 11 is 0. The first-order valence-electron chi connectivity index (χ1n) is 10.5. The van der Waals surface area contributed by atoms with Gasteiger partial charge in [-0.15, -0.1) is 0 Å². The Morgan fingerprint density at radius 1 is 1.34 bits per heavy atom. The van der Waals surface area contributed by atoms with E-state index in [9.17, 15) is 14.4 Å². The van der Waals surface area contributed by atoms with Gasteiger partial charge in [-0.3, -0.25) is 4.79 Å². The van der Waals surface area contributed by atoms with Crippen LogP contribution in [-0.4, -0.2) is 27.5 Å². The Morgan fingerprint density at radius 3 is 2.88 bits per heavy atom. The first-order valence-corrected chi connectivity index (χ1v) is 10.5. The van der Waals surface area contributed by atoms with Crippen molar-refractivity contribution >= 4 is 11.7 Å². The Kier molecular flexibility index (Phi) is 5.74. The molecule has 3 atom stereocenters. The maximum absolute atomic E-state index is 13.5. The van der Waals surface area contributed by atoms with E-state index >= 15 is 0 Å². The van der Waals surface area contributed by atoms with E-state index in [0.29, 0.717) is 48.0 Å². The molecule has 1 fully saturated rings. The molecule has 0 saturated heterocycles. The van der Waals surface area contributed by atoms with E-state index in [2.05, 4.69) is 26.3 Å². The van der Waals surface area contributed by atoms with Crippen LogP contribution in [0.15, 0.2) is 42.3 Å². The van der Waals surface area contributed by atoms with Crippen molar-refractivity contribution in [1.82, 2.24) is 15.0 Å². The highest BCUT2D eigenvalue weighted by atomic mass is 19.1. The number of anilines is 1. The van der Waals surface area contributed by atoms with E-state index in [1.54, 1.807) is 19.2 Å². The predicted octanol–water partition coefficient (Wildman–Crippen LogP) is 3.99. The Morgan fingerprint density at radius 2 is 2.16 bits per heavy atom. The monoisotopic (exact) mass is 433 g/mol. The summed E-state index contributed by atoms with van der Waals surface area (Å²) in [5, 5.41) is 12.2. The summed E-state index contributed by atoms with van der Waals surface area (Å²) in [6.45, 7) is 5.58. The summed E-state index contributed by atoms with van der Waals surface area (Å²) in [4.78, 5) is 25.6. The number of hydrogen-bond acceptors (Lipinski definition) is 6. The first-order chi connectivity index (χ1) is 15.3. The molecule has 2 aromatic rings. The molecule has 2 aromatic heterocycles. The lowest BCUT2D eigenvalue weighted by Gasteiger charge is -2.27. The summed E-state index contributed by atoms with van der Waals surface area (Å²) in [6.07, 6.45) is 9.61. The average molecular weight is 433 g/mol. The third-order valence-electron chi connectivity index (χ3n) is 6.25. The van der Waals surface area contributed by atoms with E-state index in [0.717, 1.165) is 11.9 Å². The molecular formula is C24H24FN5O2. The summed E-state index contributed by atoms with van der Waals surface area (Å²) in [6, 6.07) is 3.73. The average Bonchev–Trinajstić information content (AvgIpc) is 3.52. The number of nitriles is 1. The van der Waals surface area contributed by atoms with Crippen molar-refractivity contribution < 1.29 is 13.9 Å². The maximum Gasteiger partial charge on any atom is 0.229 e. The van der Waals surface area contributed by atoms with E-state index in [1.807, 2.05) is 26.0 Å². The zero-order chi connectivity index (χ0) is 22.9.